The van der Waals surface area contributed by atoms with E-state index >= 15 is 0 Å². The zero-order chi connectivity index (χ0) is 17.1. The first-order valence-electron chi connectivity index (χ1n) is 8.46. The number of hydrogen-bond donors (Lipinski definition) is 4. The minimum absolute atomic E-state index is 0.376. The summed E-state index contributed by atoms with van der Waals surface area (Å²) in [5.41, 5.74) is 0. The zero-order valence-corrected chi connectivity index (χ0v) is 13.5. The largest absolute Gasteiger partial charge is 0.480 e. The first kappa shape index (κ1) is 16.5. The van der Waals surface area contributed by atoms with Gasteiger partial charge in [-0.2, -0.15) is 0 Å². The molecule has 2 aliphatic heterocycles. The lowest BCUT2D eigenvalue weighted by Crippen LogP contribution is -2.42. The first-order chi connectivity index (χ1) is 11.5. The van der Waals surface area contributed by atoms with Crippen LogP contribution in [0.4, 0.5) is 4.79 Å². The van der Waals surface area contributed by atoms with Gasteiger partial charge in [0.25, 0.3) is 5.91 Å². The average molecular weight is 337 g/mol. The van der Waals surface area contributed by atoms with Crippen LogP contribution in [-0.2, 0) is 9.59 Å². The second-order valence-electron chi connectivity index (χ2n) is 6.47. The van der Waals surface area contributed by atoms with Gasteiger partial charge in [-0.3, -0.25) is 14.5 Å². The van der Waals surface area contributed by atoms with E-state index in [1.807, 2.05) is 0 Å². The summed E-state index contributed by atoms with van der Waals surface area (Å²) >= 11 is 0. The Morgan fingerprint density at radius 2 is 2.08 bits per heavy atom. The van der Waals surface area contributed by atoms with Crippen molar-refractivity contribution in [2.75, 3.05) is 13.1 Å². The normalized spacial score (nSPS) is 28.9. The molecule has 3 rings (SSSR count). The summed E-state index contributed by atoms with van der Waals surface area (Å²) in [6, 6.07) is -0.450. The molecule has 1 aliphatic carbocycles. The van der Waals surface area contributed by atoms with Crippen molar-refractivity contribution in [3.8, 4) is 0 Å². The molecule has 0 bridgehead atoms. The topological polar surface area (TPSA) is 123 Å². The fourth-order valence-corrected chi connectivity index (χ4v) is 3.48. The molecule has 1 saturated carbocycles. The molecular formula is C15H23N5O4. The van der Waals surface area contributed by atoms with Gasteiger partial charge in [-0.15, -0.1) is 0 Å². The highest BCUT2D eigenvalue weighted by Gasteiger charge is 2.38. The van der Waals surface area contributed by atoms with Gasteiger partial charge in [-0.05, 0) is 25.7 Å². The molecule has 4 N–H and O–H groups in total. The van der Waals surface area contributed by atoms with E-state index in [1.54, 1.807) is 0 Å². The Balaban J connectivity index is 1.39. The molecule has 3 atom stereocenters. The summed E-state index contributed by atoms with van der Waals surface area (Å²) in [6.45, 7) is 0.0484. The van der Waals surface area contributed by atoms with Gasteiger partial charge < -0.3 is 21.1 Å². The number of carboxylic acids is 1. The van der Waals surface area contributed by atoms with Crippen LogP contribution in [0.25, 0.3) is 0 Å². The number of carbonyl (C=O) groups excluding carboxylic acids is 2. The predicted molar refractivity (Wildman–Crippen MR) is 85.5 cm³/mol. The molecule has 132 valence electrons. The van der Waals surface area contributed by atoms with E-state index in [0.29, 0.717) is 31.5 Å². The van der Waals surface area contributed by atoms with Gasteiger partial charge in [0.1, 0.15) is 12.6 Å². The number of imide groups is 1. The van der Waals surface area contributed by atoms with E-state index in [2.05, 4.69) is 20.9 Å². The third kappa shape index (κ3) is 3.60. The number of carboxylic acid groups (broad SMARTS) is 1. The molecule has 0 spiro atoms. The lowest BCUT2D eigenvalue weighted by molar-refractivity contribution is -0.141. The summed E-state index contributed by atoms with van der Waals surface area (Å²) < 4.78 is 0. The van der Waals surface area contributed by atoms with Gasteiger partial charge in [0.2, 0.25) is 0 Å². The maximum absolute atomic E-state index is 12.0. The van der Waals surface area contributed by atoms with Crippen molar-refractivity contribution in [2.45, 2.75) is 56.7 Å². The van der Waals surface area contributed by atoms with Crippen molar-refractivity contribution >= 4 is 23.9 Å². The van der Waals surface area contributed by atoms with E-state index in [1.165, 1.54) is 12.8 Å². The second-order valence-corrected chi connectivity index (χ2v) is 6.47. The quantitative estimate of drug-likeness (QED) is 0.387. The monoisotopic (exact) mass is 337 g/mol. The number of amides is 3. The van der Waals surface area contributed by atoms with Crippen molar-refractivity contribution in [1.82, 2.24) is 20.9 Å². The van der Waals surface area contributed by atoms with Crippen LogP contribution in [0.1, 0.15) is 38.5 Å². The van der Waals surface area contributed by atoms with Crippen molar-refractivity contribution in [3.05, 3.63) is 0 Å². The van der Waals surface area contributed by atoms with E-state index < -0.39 is 30.5 Å². The van der Waals surface area contributed by atoms with Crippen LogP contribution >= 0.6 is 0 Å². The number of rotatable bonds is 6. The zero-order valence-electron chi connectivity index (χ0n) is 13.5. The Hall–Kier alpha value is -2.32. The molecule has 3 aliphatic rings. The van der Waals surface area contributed by atoms with E-state index in [-0.39, 0.29) is 0 Å². The summed E-state index contributed by atoms with van der Waals surface area (Å²) in [6.07, 6.45) is 5.90. The SMILES string of the molecule is O=C(O)CN1C(=O)N[C@@H](CCCNC2=N[C@@H]3CCCC[C@@H]3N2)C1=O. The van der Waals surface area contributed by atoms with Gasteiger partial charge in [0.05, 0.1) is 12.1 Å². The Morgan fingerprint density at radius 1 is 1.29 bits per heavy atom. The number of urea groups is 1. The number of nitrogens with zero attached hydrogens (tertiary/aromatic N) is 2. The Kier molecular flexibility index (Phi) is 4.86. The molecule has 2 fully saturated rings. The summed E-state index contributed by atoms with van der Waals surface area (Å²) in [7, 11) is 0. The summed E-state index contributed by atoms with van der Waals surface area (Å²) in [5.74, 6) is -0.849. The highest BCUT2D eigenvalue weighted by atomic mass is 16.4. The molecular weight excluding hydrogens is 314 g/mol. The summed E-state index contributed by atoms with van der Waals surface area (Å²) in [5, 5.41) is 17.9. The number of hydrogen-bond acceptors (Lipinski definition) is 6. The van der Waals surface area contributed by atoms with Crippen LogP contribution in [0, 0.1) is 0 Å². The van der Waals surface area contributed by atoms with Gasteiger partial charge in [-0.1, -0.05) is 12.8 Å². The lowest BCUT2D eigenvalue weighted by atomic mass is 9.92. The lowest BCUT2D eigenvalue weighted by Gasteiger charge is -2.23. The smallest absolute Gasteiger partial charge is 0.325 e. The van der Waals surface area contributed by atoms with Crippen LogP contribution in [0.15, 0.2) is 4.99 Å². The standard InChI is InChI=1S/C15H23N5O4/c21-12(22)8-20-13(23)11(19-15(20)24)6-3-7-16-14-17-9-4-1-2-5-10(9)18-14/h9-11H,1-8H2,(H,19,24)(H,21,22)(H2,16,17,18)/t9-,10+,11-/m0/s1. The Labute approximate surface area is 139 Å². The molecule has 2 heterocycles. The van der Waals surface area contributed by atoms with Gasteiger partial charge in [0.15, 0.2) is 5.96 Å². The predicted octanol–water partition coefficient (Wildman–Crippen LogP) is -0.368. The molecule has 3 amide bonds. The molecule has 0 radical (unpaired) electrons. The maximum atomic E-state index is 12.0. The van der Waals surface area contributed by atoms with Crippen LogP contribution < -0.4 is 16.0 Å². The van der Waals surface area contributed by atoms with Crippen LogP contribution in [-0.4, -0.2) is 65.1 Å². The Morgan fingerprint density at radius 3 is 2.83 bits per heavy atom. The van der Waals surface area contributed by atoms with E-state index in [4.69, 9.17) is 5.11 Å². The number of guanidine groups is 1. The minimum atomic E-state index is -1.20. The highest BCUT2D eigenvalue weighted by molar-refractivity contribution is 6.05. The number of aliphatic carboxylic acids is 1. The van der Waals surface area contributed by atoms with Crippen molar-refractivity contribution < 1.29 is 19.5 Å². The minimum Gasteiger partial charge on any atom is -0.480 e. The highest BCUT2D eigenvalue weighted by Crippen LogP contribution is 2.24. The fourth-order valence-electron chi connectivity index (χ4n) is 3.48. The third-order valence-electron chi connectivity index (χ3n) is 4.71. The third-order valence-corrected chi connectivity index (χ3v) is 4.71. The van der Waals surface area contributed by atoms with Crippen molar-refractivity contribution in [3.63, 3.8) is 0 Å². The molecule has 0 unspecified atom stereocenters. The van der Waals surface area contributed by atoms with E-state index in [0.717, 1.165) is 23.7 Å². The maximum Gasteiger partial charge on any atom is 0.325 e. The molecule has 0 aromatic carbocycles. The number of fused-ring (bicyclic) bond motifs is 1. The molecule has 1 saturated heterocycles. The molecule has 0 aromatic heterocycles. The Bertz CT molecular complexity index is 564. The van der Waals surface area contributed by atoms with E-state index in [9.17, 15) is 14.4 Å². The van der Waals surface area contributed by atoms with Crippen LogP contribution in [0.2, 0.25) is 0 Å². The number of nitrogens with one attached hydrogen (secondary N) is 3. The van der Waals surface area contributed by atoms with Crippen molar-refractivity contribution in [1.29, 1.82) is 0 Å². The van der Waals surface area contributed by atoms with Gasteiger partial charge >= 0.3 is 12.0 Å². The van der Waals surface area contributed by atoms with Crippen LogP contribution in [0.3, 0.4) is 0 Å². The molecule has 9 nitrogen and oxygen atoms in total. The van der Waals surface area contributed by atoms with Crippen molar-refractivity contribution in [2.24, 2.45) is 4.99 Å². The molecule has 9 heteroatoms. The van der Waals surface area contributed by atoms with Gasteiger partial charge in [0, 0.05) is 6.54 Å². The first-order valence-corrected chi connectivity index (χ1v) is 8.46. The van der Waals surface area contributed by atoms with Crippen LogP contribution in [0.5, 0.6) is 0 Å². The number of carbonyl (C=O) groups is 3. The molecule has 0 aromatic rings. The molecule has 24 heavy (non-hydrogen) atoms. The van der Waals surface area contributed by atoms with Gasteiger partial charge in [-0.25, -0.2) is 9.79 Å². The number of aliphatic imine (C=N–C) groups is 1. The summed E-state index contributed by atoms with van der Waals surface area (Å²) in [4.78, 5) is 39.6. The fraction of sp³-hybridized carbons (Fsp3) is 0.733. The second kappa shape index (κ2) is 7.06. The average Bonchev–Trinajstić information content (AvgIpc) is 3.07.